The molecule has 3 aromatic rings. The van der Waals surface area contributed by atoms with E-state index in [2.05, 4.69) is 15.5 Å². The number of rotatable bonds is 5. The topological polar surface area (TPSA) is 83.7 Å². The zero-order valence-corrected chi connectivity index (χ0v) is 15.9. The van der Waals surface area contributed by atoms with Gasteiger partial charge in [-0.25, -0.2) is 4.39 Å². The third-order valence-electron chi connectivity index (χ3n) is 4.83. The minimum Gasteiger partial charge on any atom is -0.392 e. The Balaban J connectivity index is 1.68. The van der Waals surface area contributed by atoms with Gasteiger partial charge in [-0.3, -0.25) is 4.98 Å². The Bertz CT molecular complexity index is 953. The summed E-state index contributed by atoms with van der Waals surface area (Å²) >= 11 is 0. The minimum atomic E-state index is -0.513. The molecule has 2 aromatic heterocycles. The van der Waals surface area contributed by atoms with Crippen LogP contribution in [0.25, 0.3) is 11.0 Å². The number of aromatic nitrogens is 2. The SMILES string of the molecule is CC1CN(c2c(CO)cc3c(NCc4ccccn4)noc3c2F)CC(C)O1. The van der Waals surface area contributed by atoms with Gasteiger partial charge in [0.1, 0.15) is 0 Å². The Morgan fingerprint density at radius 1 is 1.29 bits per heavy atom. The third-order valence-corrected chi connectivity index (χ3v) is 4.83. The van der Waals surface area contributed by atoms with Gasteiger partial charge in [0.15, 0.2) is 11.6 Å². The molecular weight excluding hydrogens is 363 g/mol. The number of ether oxygens (including phenoxy) is 1. The summed E-state index contributed by atoms with van der Waals surface area (Å²) in [7, 11) is 0. The maximum atomic E-state index is 15.4. The number of pyridine rings is 1. The van der Waals surface area contributed by atoms with Crippen molar-refractivity contribution >= 4 is 22.5 Å². The monoisotopic (exact) mass is 386 g/mol. The van der Waals surface area contributed by atoms with Gasteiger partial charge < -0.3 is 24.6 Å². The predicted octanol–water partition coefficient (Wildman–Crippen LogP) is 3.08. The maximum absolute atomic E-state index is 15.4. The molecule has 2 unspecified atom stereocenters. The Labute approximate surface area is 162 Å². The fourth-order valence-electron chi connectivity index (χ4n) is 3.71. The molecule has 3 heterocycles. The number of nitrogens with zero attached hydrogens (tertiary/aromatic N) is 3. The van der Waals surface area contributed by atoms with Gasteiger partial charge >= 0.3 is 0 Å². The van der Waals surface area contributed by atoms with Crippen LogP contribution in [0.2, 0.25) is 0 Å². The van der Waals surface area contributed by atoms with Crippen LogP contribution in [-0.2, 0) is 17.9 Å². The molecule has 7 nitrogen and oxygen atoms in total. The highest BCUT2D eigenvalue weighted by Gasteiger charge is 2.29. The van der Waals surface area contributed by atoms with Crippen LogP contribution < -0.4 is 10.2 Å². The number of hydrogen-bond donors (Lipinski definition) is 2. The largest absolute Gasteiger partial charge is 0.392 e. The summed E-state index contributed by atoms with van der Waals surface area (Å²) in [5.41, 5.74) is 1.75. The molecule has 8 heteroatoms. The van der Waals surface area contributed by atoms with Crippen molar-refractivity contribution in [1.82, 2.24) is 10.1 Å². The van der Waals surface area contributed by atoms with E-state index in [1.807, 2.05) is 36.9 Å². The van der Waals surface area contributed by atoms with Gasteiger partial charge in [0.2, 0.25) is 5.58 Å². The molecule has 28 heavy (non-hydrogen) atoms. The highest BCUT2D eigenvalue weighted by Crippen LogP contribution is 2.36. The highest BCUT2D eigenvalue weighted by atomic mass is 19.1. The van der Waals surface area contributed by atoms with Crippen LogP contribution in [0.1, 0.15) is 25.1 Å². The fraction of sp³-hybridized carbons (Fsp3) is 0.400. The first kappa shape index (κ1) is 18.6. The van der Waals surface area contributed by atoms with E-state index in [0.29, 0.717) is 42.1 Å². The lowest BCUT2D eigenvalue weighted by Crippen LogP contribution is -2.46. The Morgan fingerprint density at radius 3 is 2.75 bits per heavy atom. The van der Waals surface area contributed by atoms with E-state index in [-0.39, 0.29) is 24.4 Å². The van der Waals surface area contributed by atoms with Gasteiger partial charge in [-0.1, -0.05) is 11.2 Å². The number of nitrogens with one attached hydrogen (secondary N) is 1. The molecule has 0 aliphatic carbocycles. The van der Waals surface area contributed by atoms with E-state index >= 15 is 4.39 Å². The molecule has 1 fully saturated rings. The second-order valence-corrected chi connectivity index (χ2v) is 7.10. The number of hydrogen-bond acceptors (Lipinski definition) is 7. The van der Waals surface area contributed by atoms with Crippen molar-refractivity contribution in [3.8, 4) is 0 Å². The molecular formula is C20H23FN4O3. The second kappa shape index (κ2) is 7.73. The van der Waals surface area contributed by atoms with Gasteiger partial charge in [0, 0.05) is 24.8 Å². The van der Waals surface area contributed by atoms with E-state index < -0.39 is 5.82 Å². The second-order valence-electron chi connectivity index (χ2n) is 7.10. The first-order chi connectivity index (χ1) is 13.6. The van der Waals surface area contributed by atoms with Crippen molar-refractivity contribution in [2.75, 3.05) is 23.3 Å². The Hall–Kier alpha value is -2.71. The van der Waals surface area contributed by atoms with E-state index in [1.54, 1.807) is 12.3 Å². The predicted molar refractivity (Wildman–Crippen MR) is 104 cm³/mol. The van der Waals surface area contributed by atoms with Gasteiger partial charge in [-0.15, -0.1) is 0 Å². The lowest BCUT2D eigenvalue weighted by molar-refractivity contribution is -0.00549. The lowest BCUT2D eigenvalue weighted by atomic mass is 10.1. The number of morpholine rings is 1. The molecule has 0 bridgehead atoms. The molecule has 1 aliphatic heterocycles. The van der Waals surface area contributed by atoms with Crippen LogP contribution in [0.15, 0.2) is 35.0 Å². The average Bonchev–Trinajstić information content (AvgIpc) is 3.09. The van der Waals surface area contributed by atoms with Gasteiger partial charge in [-0.05, 0) is 32.0 Å². The molecule has 0 amide bonds. The molecule has 1 aromatic carbocycles. The minimum absolute atomic E-state index is 0.0317. The summed E-state index contributed by atoms with van der Waals surface area (Å²) in [6, 6.07) is 7.35. The lowest BCUT2D eigenvalue weighted by Gasteiger charge is -2.37. The Kier molecular flexibility index (Phi) is 5.15. The van der Waals surface area contributed by atoms with Gasteiger partial charge in [-0.2, -0.15) is 0 Å². The average molecular weight is 386 g/mol. The molecule has 4 rings (SSSR count). The molecule has 2 N–H and O–H groups in total. The van der Waals surface area contributed by atoms with Crippen LogP contribution in [0, 0.1) is 5.82 Å². The third kappa shape index (κ3) is 3.53. The van der Waals surface area contributed by atoms with Crippen molar-refractivity contribution in [2.45, 2.75) is 39.2 Å². The van der Waals surface area contributed by atoms with Gasteiger partial charge in [0.25, 0.3) is 0 Å². The number of fused-ring (bicyclic) bond motifs is 1. The fourth-order valence-corrected chi connectivity index (χ4v) is 3.71. The molecule has 1 saturated heterocycles. The number of halogens is 1. The summed E-state index contributed by atoms with van der Waals surface area (Å²) in [5, 5.41) is 17.5. The van der Waals surface area contributed by atoms with Crippen molar-refractivity contribution in [3.05, 3.63) is 47.5 Å². The number of anilines is 2. The highest BCUT2D eigenvalue weighted by molar-refractivity contribution is 5.92. The zero-order valence-electron chi connectivity index (χ0n) is 15.9. The summed E-state index contributed by atoms with van der Waals surface area (Å²) in [4.78, 5) is 6.15. The van der Waals surface area contributed by atoms with Crippen molar-refractivity contribution in [3.63, 3.8) is 0 Å². The van der Waals surface area contributed by atoms with Crippen molar-refractivity contribution in [1.29, 1.82) is 0 Å². The first-order valence-electron chi connectivity index (χ1n) is 9.32. The molecule has 2 atom stereocenters. The van der Waals surface area contributed by atoms with Gasteiger partial charge in [0.05, 0.1) is 42.1 Å². The Morgan fingerprint density at radius 2 is 2.07 bits per heavy atom. The van der Waals surface area contributed by atoms with E-state index in [4.69, 9.17) is 9.26 Å². The molecule has 1 aliphatic rings. The first-order valence-corrected chi connectivity index (χ1v) is 9.32. The number of aliphatic hydroxyl groups excluding tert-OH is 1. The molecule has 0 radical (unpaired) electrons. The zero-order chi connectivity index (χ0) is 19.7. The van der Waals surface area contributed by atoms with E-state index in [1.165, 1.54) is 0 Å². The van der Waals surface area contributed by atoms with E-state index in [9.17, 15) is 5.11 Å². The summed E-state index contributed by atoms with van der Waals surface area (Å²) < 4.78 is 26.4. The number of aliphatic hydroxyl groups is 1. The smallest absolute Gasteiger partial charge is 0.206 e. The normalized spacial score (nSPS) is 19.9. The number of benzene rings is 1. The van der Waals surface area contributed by atoms with E-state index in [0.717, 1.165) is 5.69 Å². The quantitative estimate of drug-likeness (QED) is 0.697. The molecule has 0 spiro atoms. The summed E-state index contributed by atoms with van der Waals surface area (Å²) in [6.45, 7) is 5.13. The van der Waals surface area contributed by atoms with Crippen LogP contribution >= 0.6 is 0 Å². The van der Waals surface area contributed by atoms with Crippen molar-refractivity contribution < 1.29 is 18.8 Å². The molecule has 148 valence electrons. The van der Waals surface area contributed by atoms with Crippen LogP contribution in [0.5, 0.6) is 0 Å². The van der Waals surface area contributed by atoms with Crippen LogP contribution in [0.3, 0.4) is 0 Å². The van der Waals surface area contributed by atoms with Crippen LogP contribution in [-0.4, -0.2) is 40.5 Å². The standard InChI is InChI=1S/C20H23FN4O3/c1-12-9-25(10-13(2)27-12)18-14(11-26)7-16-19(17(18)21)28-24-20(16)23-8-15-5-3-4-6-22-15/h3-7,12-13,26H,8-11H2,1-2H3,(H,23,24). The maximum Gasteiger partial charge on any atom is 0.206 e. The summed E-state index contributed by atoms with van der Waals surface area (Å²) in [6.07, 6.45) is 1.64. The molecule has 0 saturated carbocycles. The van der Waals surface area contributed by atoms with Crippen LogP contribution in [0.4, 0.5) is 15.9 Å². The van der Waals surface area contributed by atoms with Crippen molar-refractivity contribution in [2.24, 2.45) is 0 Å². The summed E-state index contributed by atoms with van der Waals surface area (Å²) in [5.74, 6) is -0.0919.